The Hall–Kier alpha value is -2.05. The number of anilines is 1. The molecule has 0 bridgehead atoms. The van der Waals surface area contributed by atoms with Crippen LogP contribution in [-0.2, 0) is 9.59 Å². The second-order valence-electron chi connectivity index (χ2n) is 4.83. The number of nitrogens with zero attached hydrogens (tertiary/aromatic N) is 1. The Labute approximate surface area is 119 Å². The van der Waals surface area contributed by atoms with Gasteiger partial charge < -0.3 is 5.32 Å². The van der Waals surface area contributed by atoms with Crippen LogP contribution in [0.3, 0.4) is 0 Å². The minimum Gasteiger partial charge on any atom is -0.342 e. The molecule has 1 heterocycles. The van der Waals surface area contributed by atoms with E-state index in [0.29, 0.717) is 6.42 Å². The van der Waals surface area contributed by atoms with E-state index in [1.165, 1.54) is 0 Å². The number of carbonyl (C=O) groups excluding carboxylic acids is 2. The molecule has 2 atom stereocenters. The molecule has 0 spiro atoms. The van der Waals surface area contributed by atoms with Crippen LogP contribution in [0.25, 0.3) is 0 Å². The summed E-state index contributed by atoms with van der Waals surface area (Å²) in [5.74, 6) is -5.26. The van der Waals surface area contributed by atoms with Crippen LogP contribution in [0.1, 0.15) is 26.7 Å². The molecule has 0 radical (unpaired) electrons. The minimum atomic E-state index is -1.60. The fourth-order valence-corrected chi connectivity index (χ4v) is 2.40. The lowest BCUT2D eigenvalue weighted by atomic mass is 10.0. The molecule has 7 heteroatoms. The van der Waals surface area contributed by atoms with E-state index in [4.69, 9.17) is 0 Å². The Balaban J connectivity index is 2.51. The monoisotopic (exact) mass is 300 g/mol. The van der Waals surface area contributed by atoms with Crippen molar-refractivity contribution in [3.05, 3.63) is 29.6 Å². The summed E-state index contributed by atoms with van der Waals surface area (Å²) in [5.41, 5.74) is -0.156. The summed E-state index contributed by atoms with van der Waals surface area (Å²) in [6.45, 7) is 3.38. The molecule has 2 amide bonds. The first-order chi connectivity index (χ1) is 9.90. The number of piperazine rings is 1. The van der Waals surface area contributed by atoms with Crippen LogP contribution in [0.4, 0.5) is 18.9 Å². The fraction of sp³-hybridized carbons (Fsp3) is 0.429. The Morgan fingerprint density at radius 2 is 1.67 bits per heavy atom. The first-order valence-electron chi connectivity index (χ1n) is 6.68. The summed E-state index contributed by atoms with van der Waals surface area (Å²) >= 11 is 0. The number of amides is 2. The van der Waals surface area contributed by atoms with Crippen LogP contribution in [0.2, 0.25) is 0 Å². The van der Waals surface area contributed by atoms with Crippen LogP contribution >= 0.6 is 0 Å². The highest BCUT2D eigenvalue weighted by molar-refractivity contribution is 6.08. The van der Waals surface area contributed by atoms with Gasteiger partial charge in [0.25, 0.3) is 0 Å². The van der Waals surface area contributed by atoms with Gasteiger partial charge in [-0.3, -0.25) is 14.5 Å². The third-order valence-electron chi connectivity index (χ3n) is 3.51. The number of rotatable bonds is 3. The molecule has 1 N–H and O–H groups in total. The molecular formula is C14H15F3N2O2. The Morgan fingerprint density at radius 1 is 1.10 bits per heavy atom. The fourth-order valence-electron chi connectivity index (χ4n) is 2.40. The van der Waals surface area contributed by atoms with Crippen molar-refractivity contribution in [2.24, 2.45) is 0 Å². The summed E-state index contributed by atoms with van der Waals surface area (Å²) in [6, 6.07) is -0.171. The zero-order chi connectivity index (χ0) is 15.7. The topological polar surface area (TPSA) is 49.4 Å². The van der Waals surface area contributed by atoms with Gasteiger partial charge in [-0.2, -0.15) is 0 Å². The van der Waals surface area contributed by atoms with E-state index in [2.05, 4.69) is 5.32 Å². The van der Waals surface area contributed by atoms with Crippen molar-refractivity contribution in [2.75, 3.05) is 4.90 Å². The van der Waals surface area contributed by atoms with E-state index in [0.717, 1.165) is 17.0 Å². The van der Waals surface area contributed by atoms with Crippen molar-refractivity contribution < 1.29 is 22.8 Å². The van der Waals surface area contributed by atoms with Gasteiger partial charge >= 0.3 is 0 Å². The maximum Gasteiger partial charge on any atom is 0.250 e. The highest BCUT2D eigenvalue weighted by Gasteiger charge is 2.40. The van der Waals surface area contributed by atoms with Crippen LogP contribution in [0, 0.1) is 17.5 Å². The van der Waals surface area contributed by atoms with Crippen LogP contribution in [0.15, 0.2) is 12.1 Å². The zero-order valence-corrected chi connectivity index (χ0v) is 11.6. The van der Waals surface area contributed by atoms with E-state index >= 15 is 0 Å². The van der Waals surface area contributed by atoms with Gasteiger partial charge in [-0.25, -0.2) is 13.2 Å². The second-order valence-corrected chi connectivity index (χ2v) is 4.83. The van der Waals surface area contributed by atoms with Crippen LogP contribution in [0.5, 0.6) is 0 Å². The number of halogens is 3. The van der Waals surface area contributed by atoms with Crippen molar-refractivity contribution >= 4 is 17.5 Å². The Kier molecular flexibility index (Phi) is 4.20. The van der Waals surface area contributed by atoms with Crippen molar-refractivity contribution in [1.29, 1.82) is 0 Å². The lowest BCUT2D eigenvalue weighted by Crippen LogP contribution is -2.63. The minimum absolute atomic E-state index is 0.156. The molecule has 1 fully saturated rings. The van der Waals surface area contributed by atoms with Gasteiger partial charge in [-0.1, -0.05) is 13.8 Å². The molecule has 114 valence electrons. The molecule has 1 aliphatic heterocycles. The van der Waals surface area contributed by atoms with Crippen LogP contribution < -0.4 is 10.2 Å². The highest BCUT2D eigenvalue weighted by Crippen LogP contribution is 2.27. The third-order valence-corrected chi connectivity index (χ3v) is 3.51. The van der Waals surface area contributed by atoms with Crippen molar-refractivity contribution in [3.63, 3.8) is 0 Å². The number of nitrogens with one attached hydrogen (secondary N) is 1. The van der Waals surface area contributed by atoms with Crippen molar-refractivity contribution in [1.82, 2.24) is 5.32 Å². The van der Waals surface area contributed by atoms with Gasteiger partial charge in [-0.15, -0.1) is 0 Å². The van der Waals surface area contributed by atoms with Gasteiger partial charge in [0.2, 0.25) is 11.8 Å². The Bertz CT molecular complexity index is 569. The molecule has 2 unspecified atom stereocenters. The lowest BCUT2D eigenvalue weighted by Gasteiger charge is -2.38. The quantitative estimate of drug-likeness (QED) is 0.869. The highest BCUT2D eigenvalue weighted by atomic mass is 19.2. The lowest BCUT2D eigenvalue weighted by molar-refractivity contribution is -0.134. The van der Waals surface area contributed by atoms with E-state index < -0.39 is 41.3 Å². The first-order valence-corrected chi connectivity index (χ1v) is 6.68. The summed E-state index contributed by atoms with van der Waals surface area (Å²) in [5, 5.41) is 2.57. The molecule has 1 aliphatic rings. The molecular weight excluding hydrogens is 285 g/mol. The van der Waals surface area contributed by atoms with E-state index in [1.54, 1.807) is 13.8 Å². The maximum atomic E-state index is 13.4. The average molecular weight is 300 g/mol. The number of benzene rings is 1. The van der Waals surface area contributed by atoms with E-state index in [-0.39, 0.29) is 12.1 Å². The first kappa shape index (κ1) is 15.3. The van der Waals surface area contributed by atoms with Gasteiger partial charge in [0.15, 0.2) is 17.5 Å². The van der Waals surface area contributed by atoms with Gasteiger partial charge in [-0.05, 0) is 12.8 Å². The summed E-state index contributed by atoms with van der Waals surface area (Å²) in [7, 11) is 0. The van der Waals surface area contributed by atoms with E-state index in [1.807, 2.05) is 0 Å². The number of hydrogen-bond acceptors (Lipinski definition) is 2. The largest absolute Gasteiger partial charge is 0.342 e. The predicted molar refractivity (Wildman–Crippen MR) is 70.1 cm³/mol. The molecule has 4 nitrogen and oxygen atoms in total. The number of hydrogen-bond donors (Lipinski definition) is 1. The smallest absolute Gasteiger partial charge is 0.250 e. The molecule has 0 aromatic heterocycles. The van der Waals surface area contributed by atoms with E-state index in [9.17, 15) is 22.8 Å². The van der Waals surface area contributed by atoms with Gasteiger partial charge in [0.1, 0.15) is 12.1 Å². The van der Waals surface area contributed by atoms with Crippen molar-refractivity contribution in [2.45, 2.75) is 38.8 Å². The third kappa shape index (κ3) is 2.59. The maximum absolute atomic E-state index is 13.4. The van der Waals surface area contributed by atoms with Gasteiger partial charge in [0.05, 0.1) is 5.69 Å². The van der Waals surface area contributed by atoms with Crippen LogP contribution in [-0.4, -0.2) is 23.9 Å². The predicted octanol–water partition coefficient (Wildman–Crippen LogP) is 2.12. The molecule has 0 aliphatic carbocycles. The SMILES string of the molecule is CCC1NC(=O)C(CC)N(c2cc(F)c(F)c(F)c2)C1=O. The molecule has 2 rings (SSSR count). The standard InChI is InChI=1S/C14H15F3N2O2/c1-3-10-14(21)19(11(4-2)13(20)18-10)7-5-8(15)12(17)9(16)6-7/h5-6,10-11H,3-4H2,1-2H3,(H,18,20). The average Bonchev–Trinajstić information content (AvgIpc) is 2.45. The summed E-state index contributed by atoms with van der Waals surface area (Å²) < 4.78 is 39.8. The van der Waals surface area contributed by atoms with Crippen molar-refractivity contribution in [3.8, 4) is 0 Å². The molecule has 21 heavy (non-hydrogen) atoms. The zero-order valence-electron chi connectivity index (χ0n) is 11.6. The summed E-state index contributed by atoms with van der Waals surface area (Å²) in [4.78, 5) is 25.4. The Morgan fingerprint density at radius 3 is 2.14 bits per heavy atom. The molecule has 1 saturated heterocycles. The normalized spacial score (nSPS) is 22.4. The van der Waals surface area contributed by atoms with Gasteiger partial charge in [0, 0.05) is 12.1 Å². The molecule has 1 aromatic carbocycles. The molecule has 0 saturated carbocycles. The second kappa shape index (κ2) is 5.75. The molecule has 1 aromatic rings. The summed E-state index contributed by atoms with van der Waals surface area (Å²) in [6.07, 6.45) is 0.623. The number of carbonyl (C=O) groups is 2.